The molecule has 0 aliphatic carbocycles. The molecule has 2 rings (SSSR count). The molecule has 0 aromatic heterocycles. The van der Waals surface area contributed by atoms with Gasteiger partial charge in [-0.2, -0.15) is 0 Å². The molecule has 0 amide bonds. The van der Waals surface area contributed by atoms with Gasteiger partial charge in [-0.05, 0) is 0 Å². The fraction of sp³-hybridized carbons (Fsp3) is 0.455. The van der Waals surface area contributed by atoms with Crippen LogP contribution in [0.1, 0.15) is 50.7 Å². The van der Waals surface area contributed by atoms with Gasteiger partial charge in [0.1, 0.15) is 0 Å². The van der Waals surface area contributed by atoms with Gasteiger partial charge in [0.15, 0.2) is 0 Å². The van der Waals surface area contributed by atoms with Gasteiger partial charge in [0.25, 0.3) is 0 Å². The number of unbranched alkanes of at least 4 members (excludes halogenated alkanes) is 2. The maximum atomic E-state index is 5.97. The zero-order valence-corrected chi connectivity index (χ0v) is 18.1. The van der Waals surface area contributed by atoms with Crippen molar-refractivity contribution < 1.29 is 30.7 Å². The van der Waals surface area contributed by atoms with E-state index >= 15 is 0 Å². The summed E-state index contributed by atoms with van der Waals surface area (Å²) in [7, 11) is 0. The first-order valence-electron chi connectivity index (χ1n) is 9.25. The van der Waals surface area contributed by atoms with Crippen LogP contribution >= 0.6 is 0 Å². The summed E-state index contributed by atoms with van der Waals surface area (Å²) in [5.41, 5.74) is 2.51. The zero-order chi connectivity index (χ0) is 18.1. The summed E-state index contributed by atoms with van der Waals surface area (Å²) < 4.78 is 14.6. The maximum absolute atomic E-state index is 5.97. The second kappa shape index (κ2) is 10.7. The summed E-state index contributed by atoms with van der Waals surface area (Å²) >= 11 is -0.175. The van der Waals surface area contributed by atoms with Gasteiger partial charge in [-0.15, -0.1) is 0 Å². The Morgan fingerprint density at radius 3 is 1.88 bits per heavy atom. The number of ether oxygens (including phenoxy) is 2. The first-order valence-corrected chi connectivity index (χ1v) is 11.4. The molecule has 0 saturated carbocycles. The molecule has 3 heteroatoms. The van der Waals surface area contributed by atoms with E-state index in [2.05, 4.69) is 64.1 Å². The van der Waals surface area contributed by atoms with E-state index in [0.29, 0.717) is 0 Å². The van der Waals surface area contributed by atoms with Crippen molar-refractivity contribution in [2.24, 2.45) is 0 Å². The average Bonchev–Trinajstić information content (AvgIpc) is 2.59. The molecule has 0 saturated heterocycles. The Kier molecular flexibility index (Phi) is 8.59. The summed E-state index contributed by atoms with van der Waals surface area (Å²) in [4.78, 5) is 0. The molecule has 0 unspecified atom stereocenters. The third-order valence-electron chi connectivity index (χ3n) is 3.97. The summed E-state index contributed by atoms with van der Waals surface area (Å²) in [6, 6.07) is 13.2. The van der Waals surface area contributed by atoms with Crippen LogP contribution < -0.4 is 30.7 Å². The second-order valence-electron chi connectivity index (χ2n) is 6.32. The quantitative estimate of drug-likeness (QED) is 0.407. The van der Waals surface area contributed by atoms with Gasteiger partial charge in [0.2, 0.25) is 0 Å². The molecule has 0 bridgehead atoms. The predicted molar refractivity (Wildman–Crippen MR) is 101 cm³/mol. The first kappa shape index (κ1) is 20.1. The minimum absolute atomic E-state index is 0.175. The van der Waals surface area contributed by atoms with E-state index in [1.165, 1.54) is 31.1 Å². The van der Waals surface area contributed by atoms with Crippen molar-refractivity contribution in [2.45, 2.75) is 53.4 Å². The molecule has 2 nitrogen and oxygen atoms in total. The molecule has 0 spiro atoms. The number of aryl methyl sites for hydroxylation is 2. The van der Waals surface area contributed by atoms with E-state index < -0.39 is 0 Å². The van der Waals surface area contributed by atoms with Crippen LogP contribution in [0.4, 0.5) is 0 Å². The van der Waals surface area contributed by atoms with E-state index in [1.54, 1.807) is 0 Å². The third-order valence-corrected chi connectivity index (χ3v) is 6.56. The number of benzene rings is 2. The van der Waals surface area contributed by atoms with Gasteiger partial charge in [-0.3, -0.25) is 0 Å². The summed E-state index contributed by atoms with van der Waals surface area (Å²) in [5.74, 6) is 2.05. The molecular weight excluding hydrogens is 423 g/mol. The standard InChI is InChI=1S/C22H30IO2/c1-5-7-13-24-21-11-9-19(10-12-21)23-20-15-17(3)22(18(4)16-20)25-14-8-6-2/h9-12,15-16H,5-8,13-14H2,1-4H3/q-1. The average molecular weight is 453 g/mol. The van der Waals surface area contributed by atoms with Crippen LogP contribution in [0.25, 0.3) is 0 Å². The van der Waals surface area contributed by atoms with E-state index in [1.807, 2.05) is 0 Å². The SMILES string of the molecule is CCCCOc1ccc([I-]c2cc(C)c(OCCCC)c(C)c2)cc1. The van der Waals surface area contributed by atoms with Gasteiger partial charge in [-0.1, -0.05) is 0 Å². The molecule has 0 aliphatic rings. The van der Waals surface area contributed by atoms with Crippen LogP contribution in [-0.2, 0) is 0 Å². The van der Waals surface area contributed by atoms with E-state index in [-0.39, 0.29) is 21.2 Å². The van der Waals surface area contributed by atoms with Crippen LogP contribution in [-0.4, -0.2) is 13.2 Å². The van der Waals surface area contributed by atoms with Crippen LogP contribution in [0.5, 0.6) is 11.5 Å². The third kappa shape index (κ3) is 6.53. The van der Waals surface area contributed by atoms with Gasteiger partial charge >= 0.3 is 163 Å². The topological polar surface area (TPSA) is 18.5 Å². The molecular formula is C22H30IO2-. The van der Waals surface area contributed by atoms with Crippen molar-refractivity contribution >= 4 is 0 Å². The molecule has 0 radical (unpaired) electrons. The van der Waals surface area contributed by atoms with E-state index in [9.17, 15) is 0 Å². The number of halogens is 1. The Hall–Kier alpha value is -1.23. The van der Waals surface area contributed by atoms with E-state index in [4.69, 9.17) is 9.47 Å². The molecule has 138 valence electrons. The Labute approximate surface area is 163 Å². The predicted octanol–water partition coefficient (Wildman–Crippen LogP) is 2.79. The summed E-state index contributed by atoms with van der Waals surface area (Å²) in [5, 5.41) is 0. The number of hydrogen-bond donors (Lipinski definition) is 0. The molecule has 0 atom stereocenters. The van der Waals surface area contributed by atoms with Crippen molar-refractivity contribution in [3.8, 4) is 11.5 Å². The van der Waals surface area contributed by atoms with Gasteiger partial charge in [0.05, 0.1) is 0 Å². The fourth-order valence-corrected chi connectivity index (χ4v) is 5.24. The Bertz CT molecular complexity index is 627. The van der Waals surface area contributed by atoms with Crippen molar-refractivity contribution in [1.82, 2.24) is 0 Å². The van der Waals surface area contributed by atoms with Crippen LogP contribution in [0.2, 0.25) is 0 Å². The van der Waals surface area contributed by atoms with Gasteiger partial charge in [-0.25, -0.2) is 0 Å². The Morgan fingerprint density at radius 1 is 0.760 bits per heavy atom. The van der Waals surface area contributed by atoms with E-state index in [0.717, 1.165) is 37.6 Å². The van der Waals surface area contributed by atoms with Crippen molar-refractivity contribution in [1.29, 1.82) is 0 Å². The van der Waals surface area contributed by atoms with Crippen molar-refractivity contribution in [3.05, 3.63) is 54.7 Å². The van der Waals surface area contributed by atoms with Crippen molar-refractivity contribution in [2.75, 3.05) is 13.2 Å². The zero-order valence-electron chi connectivity index (χ0n) is 15.9. The molecule has 0 heterocycles. The second-order valence-corrected chi connectivity index (χ2v) is 9.35. The normalized spacial score (nSPS) is 10.9. The monoisotopic (exact) mass is 453 g/mol. The Balaban J connectivity index is 2.00. The fourth-order valence-electron chi connectivity index (χ4n) is 2.55. The molecule has 25 heavy (non-hydrogen) atoms. The molecule has 0 N–H and O–H groups in total. The summed E-state index contributed by atoms with van der Waals surface area (Å²) in [6.07, 6.45) is 4.56. The van der Waals surface area contributed by atoms with Crippen LogP contribution in [0.3, 0.4) is 0 Å². The van der Waals surface area contributed by atoms with Crippen LogP contribution in [0, 0.1) is 21.0 Å². The van der Waals surface area contributed by atoms with Gasteiger partial charge in [0, 0.05) is 0 Å². The molecule has 2 aromatic rings. The summed E-state index contributed by atoms with van der Waals surface area (Å²) in [6.45, 7) is 10.3. The number of hydrogen-bond acceptors (Lipinski definition) is 2. The Morgan fingerprint density at radius 2 is 1.32 bits per heavy atom. The first-order chi connectivity index (χ1) is 12.1. The molecule has 2 aromatic carbocycles. The molecule has 0 fully saturated rings. The minimum atomic E-state index is -0.175. The van der Waals surface area contributed by atoms with Gasteiger partial charge < -0.3 is 0 Å². The van der Waals surface area contributed by atoms with Crippen LogP contribution in [0.15, 0.2) is 36.4 Å². The molecule has 0 aliphatic heterocycles. The van der Waals surface area contributed by atoms with Crippen molar-refractivity contribution in [3.63, 3.8) is 0 Å². The number of rotatable bonds is 10.